The SMILES string of the molecule is CCCN(CC(=O)OC)c1ccc(Cl)cc1[N+](=O)[O-]. The first-order valence-corrected chi connectivity index (χ1v) is 6.13. The molecule has 0 aromatic heterocycles. The second kappa shape index (κ2) is 6.94. The van der Waals surface area contributed by atoms with Gasteiger partial charge < -0.3 is 9.64 Å². The molecule has 0 aliphatic carbocycles. The average Bonchev–Trinajstić information content (AvgIpc) is 2.38. The van der Waals surface area contributed by atoms with E-state index in [4.69, 9.17) is 11.6 Å². The standard InChI is InChI=1S/C12H15ClN2O4/c1-3-6-14(8-12(16)19-2)10-5-4-9(13)7-11(10)15(17)18/h4-5,7H,3,6,8H2,1-2H3. The Balaban J connectivity index is 3.14. The summed E-state index contributed by atoms with van der Waals surface area (Å²) in [6.07, 6.45) is 0.747. The highest BCUT2D eigenvalue weighted by Gasteiger charge is 2.21. The van der Waals surface area contributed by atoms with Gasteiger partial charge in [0.15, 0.2) is 0 Å². The molecule has 0 N–H and O–H groups in total. The van der Waals surface area contributed by atoms with E-state index >= 15 is 0 Å². The second-order valence-corrected chi connectivity index (χ2v) is 4.32. The Morgan fingerprint density at radius 3 is 2.74 bits per heavy atom. The fraction of sp³-hybridized carbons (Fsp3) is 0.417. The predicted octanol–water partition coefficient (Wildman–Crippen LogP) is 2.64. The summed E-state index contributed by atoms with van der Waals surface area (Å²) < 4.78 is 4.60. The van der Waals surface area contributed by atoms with Crippen LogP contribution in [0.25, 0.3) is 0 Å². The van der Waals surface area contributed by atoms with Crippen molar-refractivity contribution in [3.8, 4) is 0 Å². The Bertz CT molecular complexity index is 479. The van der Waals surface area contributed by atoms with Crippen LogP contribution in [0.15, 0.2) is 18.2 Å². The van der Waals surface area contributed by atoms with Gasteiger partial charge in [-0.25, -0.2) is 0 Å². The summed E-state index contributed by atoms with van der Waals surface area (Å²) in [5, 5.41) is 11.3. The molecular formula is C12H15ClN2O4. The molecule has 0 amide bonds. The van der Waals surface area contributed by atoms with Gasteiger partial charge in [0.05, 0.1) is 12.0 Å². The molecule has 0 bridgehead atoms. The van der Waals surface area contributed by atoms with E-state index in [1.165, 1.54) is 13.2 Å². The number of nitrogens with zero attached hydrogens (tertiary/aromatic N) is 2. The average molecular weight is 287 g/mol. The maximum absolute atomic E-state index is 11.4. The van der Waals surface area contributed by atoms with Crippen LogP contribution in [0.3, 0.4) is 0 Å². The third-order valence-electron chi connectivity index (χ3n) is 2.52. The molecule has 7 heteroatoms. The number of hydrogen-bond donors (Lipinski definition) is 0. The van der Waals surface area contributed by atoms with E-state index < -0.39 is 10.9 Å². The predicted molar refractivity (Wildman–Crippen MR) is 72.6 cm³/mol. The van der Waals surface area contributed by atoms with Crippen LogP contribution in [0.4, 0.5) is 11.4 Å². The minimum absolute atomic E-state index is 0.0349. The van der Waals surface area contributed by atoms with Crippen LogP contribution in [-0.4, -0.2) is 31.1 Å². The molecule has 0 saturated carbocycles. The molecule has 6 nitrogen and oxygen atoms in total. The van der Waals surface area contributed by atoms with E-state index in [9.17, 15) is 14.9 Å². The maximum atomic E-state index is 11.4. The Kier molecular flexibility index (Phi) is 5.57. The highest BCUT2D eigenvalue weighted by molar-refractivity contribution is 6.30. The van der Waals surface area contributed by atoms with Gasteiger partial charge in [0.2, 0.25) is 0 Å². The van der Waals surface area contributed by atoms with E-state index in [2.05, 4.69) is 4.74 Å². The summed E-state index contributed by atoms with van der Waals surface area (Å²) >= 11 is 5.76. The van der Waals surface area contributed by atoms with E-state index in [-0.39, 0.29) is 17.3 Å². The first kappa shape index (κ1) is 15.2. The van der Waals surface area contributed by atoms with Crippen LogP contribution >= 0.6 is 11.6 Å². The van der Waals surface area contributed by atoms with Crippen LogP contribution < -0.4 is 4.90 Å². The van der Waals surface area contributed by atoms with Gasteiger partial charge in [-0.15, -0.1) is 0 Å². The number of hydrogen-bond acceptors (Lipinski definition) is 5. The molecule has 0 unspecified atom stereocenters. The number of carbonyl (C=O) groups is 1. The summed E-state index contributed by atoms with van der Waals surface area (Å²) in [5.74, 6) is -0.447. The normalized spacial score (nSPS) is 10.1. The summed E-state index contributed by atoms with van der Waals surface area (Å²) in [5.41, 5.74) is 0.242. The Hall–Kier alpha value is -1.82. The van der Waals surface area contributed by atoms with Crippen LogP contribution in [0.1, 0.15) is 13.3 Å². The molecule has 1 aromatic rings. The lowest BCUT2D eigenvalue weighted by Crippen LogP contribution is -2.31. The van der Waals surface area contributed by atoms with Gasteiger partial charge in [-0.3, -0.25) is 14.9 Å². The second-order valence-electron chi connectivity index (χ2n) is 3.89. The fourth-order valence-electron chi connectivity index (χ4n) is 1.69. The topological polar surface area (TPSA) is 72.7 Å². The van der Waals surface area contributed by atoms with Crippen molar-refractivity contribution in [1.82, 2.24) is 0 Å². The molecule has 1 aromatic carbocycles. The number of anilines is 1. The molecule has 0 radical (unpaired) electrons. The van der Waals surface area contributed by atoms with Gasteiger partial charge in [0.25, 0.3) is 5.69 Å². The molecule has 1 rings (SSSR count). The van der Waals surface area contributed by atoms with Crippen molar-refractivity contribution in [2.24, 2.45) is 0 Å². The molecule has 0 atom stereocenters. The lowest BCUT2D eigenvalue weighted by Gasteiger charge is -2.22. The molecular weight excluding hydrogens is 272 g/mol. The van der Waals surface area contributed by atoms with Crippen molar-refractivity contribution < 1.29 is 14.5 Å². The summed E-state index contributed by atoms with van der Waals surface area (Å²) in [6.45, 7) is 2.40. The zero-order valence-electron chi connectivity index (χ0n) is 10.8. The minimum Gasteiger partial charge on any atom is -0.468 e. The number of nitro groups is 1. The zero-order chi connectivity index (χ0) is 14.4. The Morgan fingerprint density at radius 2 is 2.21 bits per heavy atom. The number of esters is 1. The number of nitro benzene ring substituents is 1. The van der Waals surface area contributed by atoms with E-state index in [0.717, 1.165) is 6.42 Å². The van der Waals surface area contributed by atoms with Crippen LogP contribution in [0, 0.1) is 10.1 Å². The Morgan fingerprint density at radius 1 is 1.53 bits per heavy atom. The van der Waals surface area contributed by atoms with Gasteiger partial charge in [-0.05, 0) is 18.6 Å². The van der Waals surface area contributed by atoms with Gasteiger partial charge >= 0.3 is 5.97 Å². The Labute approximate surface area is 116 Å². The van der Waals surface area contributed by atoms with Crippen molar-refractivity contribution in [3.63, 3.8) is 0 Å². The molecule has 104 valence electrons. The molecule has 0 aliphatic heterocycles. The number of ether oxygens (including phenoxy) is 1. The molecule has 19 heavy (non-hydrogen) atoms. The zero-order valence-corrected chi connectivity index (χ0v) is 11.5. The van der Waals surface area contributed by atoms with Crippen LogP contribution in [-0.2, 0) is 9.53 Å². The molecule has 0 aliphatic rings. The van der Waals surface area contributed by atoms with Crippen LogP contribution in [0.5, 0.6) is 0 Å². The minimum atomic E-state index is -0.513. The third-order valence-corrected chi connectivity index (χ3v) is 2.75. The van der Waals surface area contributed by atoms with Gasteiger partial charge in [-0.2, -0.15) is 0 Å². The summed E-state index contributed by atoms with van der Waals surface area (Å²) in [7, 11) is 1.28. The molecule has 0 fully saturated rings. The van der Waals surface area contributed by atoms with Crippen molar-refractivity contribution in [2.45, 2.75) is 13.3 Å². The molecule has 0 spiro atoms. The maximum Gasteiger partial charge on any atom is 0.325 e. The number of halogens is 1. The van der Waals surface area contributed by atoms with Gasteiger partial charge in [0.1, 0.15) is 12.2 Å². The highest BCUT2D eigenvalue weighted by Crippen LogP contribution is 2.31. The van der Waals surface area contributed by atoms with E-state index in [1.807, 2.05) is 6.92 Å². The monoisotopic (exact) mass is 286 g/mol. The van der Waals surface area contributed by atoms with Crippen LogP contribution in [0.2, 0.25) is 5.02 Å². The quantitative estimate of drug-likeness (QED) is 0.457. The first-order chi connectivity index (χ1) is 8.99. The summed E-state index contributed by atoms with van der Waals surface area (Å²) in [4.78, 5) is 23.5. The lowest BCUT2D eigenvalue weighted by atomic mass is 10.2. The van der Waals surface area contributed by atoms with E-state index in [1.54, 1.807) is 17.0 Å². The smallest absolute Gasteiger partial charge is 0.325 e. The van der Waals surface area contributed by atoms with Gasteiger partial charge in [-0.1, -0.05) is 18.5 Å². The summed E-state index contributed by atoms with van der Waals surface area (Å²) in [6, 6.07) is 4.37. The van der Waals surface area contributed by atoms with Crippen molar-refractivity contribution in [1.29, 1.82) is 0 Å². The first-order valence-electron chi connectivity index (χ1n) is 5.75. The van der Waals surface area contributed by atoms with Crippen molar-refractivity contribution in [3.05, 3.63) is 33.3 Å². The largest absolute Gasteiger partial charge is 0.468 e. The highest BCUT2D eigenvalue weighted by atomic mass is 35.5. The number of rotatable bonds is 6. The van der Waals surface area contributed by atoms with Crippen molar-refractivity contribution in [2.75, 3.05) is 25.1 Å². The number of methoxy groups -OCH3 is 1. The molecule has 0 saturated heterocycles. The number of carbonyl (C=O) groups excluding carboxylic acids is 1. The third kappa shape index (κ3) is 4.10. The van der Waals surface area contributed by atoms with E-state index in [0.29, 0.717) is 12.2 Å². The number of benzene rings is 1. The lowest BCUT2D eigenvalue weighted by molar-refractivity contribution is -0.384. The fourth-order valence-corrected chi connectivity index (χ4v) is 1.85. The van der Waals surface area contributed by atoms with Crippen molar-refractivity contribution >= 4 is 28.9 Å². The molecule has 0 heterocycles. The van der Waals surface area contributed by atoms with Gasteiger partial charge in [0, 0.05) is 17.6 Å².